The summed E-state index contributed by atoms with van der Waals surface area (Å²) in [5.74, 6) is 1.42. The summed E-state index contributed by atoms with van der Waals surface area (Å²) in [5.41, 5.74) is 1.03. The van der Waals surface area contributed by atoms with Gasteiger partial charge in [0.25, 0.3) is 0 Å². The van der Waals surface area contributed by atoms with E-state index in [-0.39, 0.29) is 0 Å². The predicted octanol–water partition coefficient (Wildman–Crippen LogP) is 2.40. The van der Waals surface area contributed by atoms with Crippen molar-refractivity contribution in [2.45, 2.75) is 12.8 Å². The first-order valence-electron chi connectivity index (χ1n) is 3.99. The summed E-state index contributed by atoms with van der Waals surface area (Å²) in [6, 6.07) is 0. The summed E-state index contributed by atoms with van der Waals surface area (Å²) in [4.78, 5) is 0. The van der Waals surface area contributed by atoms with Crippen LogP contribution in [0.5, 0.6) is 0 Å². The van der Waals surface area contributed by atoms with Gasteiger partial charge in [0.2, 0.25) is 0 Å². The molecule has 1 aliphatic rings. The Labute approximate surface area is 73.2 Å². The molecular formula is C10H14O2. The third-order valence-corrected chi connectivity index (χ3v) is 1.78. The molecule has 0 amide bonds. The first-order chi connectivity index (χ1) is 5.74. The normalized spacial score (nSPS) is 20.4. The molecule has 0 aromatic carbocycles. The quantitative estimate of drug-likeness (QED) is 0.586. The van der Waals surface area contributed by atoms with Crippen molar-refractivity contribution in [3.05, 3.63) is 36.3 Å². The van der Waals surface area contributed by atoms with Gasteiger partial charge < -0.3 is 9.47 Å². The summed E-state index contributed by atoms with van der Waals surface area (Å²) >= 11 is 0. The molecule has 0 aromatic rings. The molecule has 1 saturated heterocycles. The number of allylic oxidation sites excluding steroid dienone is 2. The molecule has 66 valence electrons. The molecule has 0 saturated carbocycles. The van der Waals surface area contributed by atoms with Gasteiger partial charge in [0, 0.05) is 6.08 Å². The van der Waals surface area contributed by atoms with E-state index in [9.17, 15) is 0 Å². The van der Waals surface area contributed by atoms with Crippen molar-refractivity contribution < 1.29 is 9.47 Å². The van der Waals surface area contributed by atoms with Gasteiger partial charge in [-0.3, -0.25) is 0 Å². The van der Waals surface area contributed by atoms with Gasteiger partial charge in [-0.15, -0.1) is 0 Å². The van der Waals surface area contributed by atoms with Gasteiger partial charge in [-0.25, -0.2) is 0 Å². The van der Waals surface area contributed by atoms with Crippen LogP contribution in [0.1, 0.15) is 12.8 Å². The van der Waals surface area contributed by atoms with Crippen LogP contribution in [0.15, 0.2) is 36.3 Å². The monoisotopic (exact) mass is 166 g/mol. The fourth-order valence-corrected chi connectivity index (χ4v) is 1.04. The molecule has 0 aliphatic carbocycles. The van der Waals surface area contributed by atoms with E-state index in [4.69, 9.17) is 9.47 Å². The minimum atomic E-state index is 0.605. The van der Waals surface area contributed by atoms with Crippen LogP contribution in [0.2, 0.25) is 0 Å². The molecule has 1 heterocycles. The Kier molecular flexibility index (Phi) is 2.97. The van der Waals surface area contributed by atoms with Crippen LogP contribution in [-0.2, 0) is 9.47 Å². The summed E-state index contributed by atoms with van der Waals surface area (Å²) < 4.78 is 10.3. The van der Waals surface area contributed by atoms with E-state index in [1.54, 1.807) is 13.2 Å². The average molecular weight is 166 g/mol. The van der Waals surface area contributed by atoms with Gasteiger partial charge in [0.05, 0.1) is 13.7 Å². The second kappa shape index (κ2) is 4.00. The van der Waals surface area contributed by atoms with Crippen molar-refractivity contribution >= 4 is 0 Å². The highest BCUT2D eigenvalue weighted by atomic mass is 16.5. The second-order valence-electron chi connectivity index (χ2n) is 2.73. The van der Waals surface area contributed by atoms with Gasteiger partial charge in [0.15, 0.2) is 0 Å². The van der Waals surface area contributed by atoms with E-state index in [0.717, 1.165) is 30.8 Å². The molecule has 0 spiro atoms. The van der Waals surface area contributed by atoms with Crippen molar-refractivity contribution in [1.29, 1.82) is 0 Å². The Hall–Kier alpha value is -1.18. The van der Waals surface area contributed by atoms with Crippen LogP contribution < -0.4 is 0 Å². The highest BCUT2D eigenvalue weighted by molar-refractivity contribution is 5.29. The van der Waals surface area contributed by atoms with E-state index < -0.39 is 0 Å². The van der Waals surface area contributed by atoms with Gasteiger partial charge in [0.1, 0.15) is 11.5 Å². The lowest BCUT2D eigenvalue weighted by molar-refractivity contribution is 0.191. The van der Waals surface area contributed by atoms with Crippen LogP contribution in [0.3, 0.4) is 0 Å². The lowest BCUT2D eigenvalue weighted by Gasteiger charge is -2.18. The number of hydrogen-bond donors (Lipinski definition) is 0. The maximum Gasteiger partial charge on any atom is 0.125 e. The molecule has 1 fully saturated rings. The lowest BCUT2D eigenvalue weighted by Crippen LogP contribution is -2.05. The number of methoxy groups -OCH3 is 1. The zero-order valence-corrected chi connectivity index (χ0v) is 7.43. The molecule has 0 unspecified atom stereocenters. The third kappa shape index (κ3) is 2.16. The number of rotatable bonds is 2. The van der Waals surface area contributed by atoms with Crippen LogP contribution in [0.4, 0.5) is 0 Å². The van der Waals surface area contributed by atoms with Crippen LogP contribution in [0, 0.1) is 0 Å². The Morgan fingerprint density at radius 3 is 3.00 bits per heavy atom. The summed E-state index contributed by atoms with van der Waals surface area (Å²) in [6.07, 6.45) is 3.83. The van der Waals surface area contributed by atoms with E-state index in [1.165, 1.54) is 0 Å². The highest BCUT2D eigenvalue weighted by Crippen LogP contribution is 2.22. The maximum absolute atomic E-state index is 5.38. The first-order valence-corrected chi connectivity index (χ1v) is 3.99. The smallest absolute Gasteiger partial charge is 0.125 e. The topological polar surface area (TPSA) is 18.5 Å². The lowest BCUT2D eigenvalue weighted by atomic mass is 10.1. The molecule has 1 aliphatic heterocycles. The number of ether oxygens (including phenoxy) is 2. The van der Waals surface area contributed by atoms with E-state index in [0.29, 0.717) is 5.76 Å². The minimum absolute atomic E-state index is 0.605. The molecular weight excluding hydrogens is 152 g/mol. The molecule has 0 bridgehead atoms. The largest absolute Gasteiger partial charge is 0.497 e. The molecule has 0 N–H and O–H groups in total. The first kappa shape index (κ1) is 8.91. The van der Waals surface area contributed by atoms with Gasteiger partial charge >= 0.3 is 0 Å². The van der Waals surface area contributed by atoms with Crippen molar-refractivity contribution in [2.24, 2.45) is 0 Å². The zero-order valence-electron chi connectivity index (χ0n) is 7.43. The SMILES string of the molecule is C=C(/C=C1/OCCCC1=C)OC. The molecule has 12 heavy (non-hydrogen) atoms. The van der Waals surface area contributed by atoms with Crippen molar-refractivity contribution in [1.82, 2.24) is 0 Å². The van der Waals surface area contributed by atoms with Gasteiger partial charge in [-0.1, -0.05) is 13.2 Å². The Balaban J connectivity index is 2.65. The Bertz CT molecular complexity index is 226. The summed E-state index contributed by atoms with van der Waals surface area (Å²) in [7, 11) is 1.59. The Morgan fingerprint density at radius 2 is 2.42 bits per heavy atom. The zero-order chi connectivity index (χ0) is 8.97. The molecule has 2 nitrogen and oxygen atoms in total. The van der Waals surface area contributed by atoms with E-state index in [2.05, 4.69) is 13.2 Å². The number of hydrogen-bond acceptors (Lipinski definition) is 2. The third-order valence-electron chi connectivity index (χ3n) is 1.78. The molecule has 0 radical (unpaired) electrons. The molecule has 0 aromatic heterocycles. The summed E-state index contributed by atoms with van der Waals surface area (Å²) in [5, 5.41) is 0. The van der Waals surface area contributed by atoms with Crippen molar-refractivity contribution in [3.8, 4) is 0 Å². The van der Waals surface area contributed by atoms with Gasteiger partial charge in [-0.2, -0.15) is 0 Å². The minimum Gasteiger partial charge on any atom is -0.497 e. The Morgan fingerprint density at radius 1 is 1.67 bits per heavy atom. The molecule has 0 atom stereocenters. The van der Waals surface area contributed by atoms with Crippen molar-refractivity contribution in [2.75, 3.05) is 13.7 Å². The fourth-order valence-electron chi connectivity index (χ4n) is 1.04. The van der Waals surface area contributed by atoms with Crippen LogP contribution in [-0.4, -0.2) is 13.7 Å². The van der Waals surface area contributed by atoms with Crippen molar-refractivity contribution in [3.63, 3.8) is 0 Å². The van der Waals surface area contributed by atoms with Crippen LogP contribution >= 0.6 is 0 Å². The highest BCUT2D eigenvalue weighted by Gasteiger charge is 2.10. The second-order valence-corrected chi connectivity index (χ2v) is 2.73. The maximum atomic E-state index is 5.38. The van der Waals surface area contributed by atoms with Gasteiger partial charge in [-0.05, 0) is 18.4 Å². The summed E-state index contributed by atoms with van der Waals surface area (Å²) in [6.45, 7) is 8.34. The standard InChI is InChI=1S/C10H14O2/c1-8-5-4-6-12-10(8)7-9(2)11-3/h7H,1-2,4-6H2,3H3/b10-7+. The van der Waals surface area contributed by atoms with Crippen LogP contribution in [0.25, 0.3) is 0 Å². The molecule has 1 rings (SSSR count). The average Bonchev–Trinajstić information content (AvgIpc) is 2.09. The van der Waals surface area contributed by atoms with E-state index >= 15 is 0 Å². The fraction of sp³-hybridized carbons (Fsp3) is 0.400. The molecule has 2 heteroatoms. The predicted molar refractivity (Wildman–Crippen MR) is 48.6 cm³/mol. The van der Waals surface area contributed by atoms with E-state index in [1.807, 2.05) is 0 Å².